The Morgan fingerprint density at radius 3 is 2.67 bits per heavy atom. The minimum Gasteiger partial charge on any atom is -0.481 e. The van der Waals surface area contributed by atoms with Crippen molar-refractivity contribution in [3.8, 4) is 0 Å². The Hall–Kier alpha value is -1.43. The third-order valence-corrected chi connectivity index (χ3v) is 3.83. The molecular formula is C12H15NO4S. The van der Waals surface area contributed by atoms with E-state index in [0.29, 0.717) is 11.6 Å². The van der Waals surface area contributed by atoms with Gasteiger partial charge in [0, 0.05) is 13.1 Å². The topological polar surface area (TPSA) is 70.8 Å². The highest BCUT2D eigenvalue weighted by atomic mass is 32.2. The van der Waals surface area contributed by atoms with Gasteiger partial charge in [0.2, 0.25) is 0 Å². The number of carbonyl (C=O) groups excluding carboxylic acids is 1. The fourth-order valence-corrected chi connectivity index (χ4v) is 2.53. The van der Waals surface area contributed by atoms with E-state index in [4.69, 9.17) is 9.52 Å². The molecule has 1 amide bonds. The molecule has 18 heavy (non-hydrogen) atoms. The summed E-state index contributed by atoms with van der Waals surface area (Å²) in [6.07, 6.45) is 1.87. The Morgan fingerprint density at radius 1 is 1.44 bits per heavy atom. The molecule has 0 aliphatic carbocycles. The number of carbonyl (C=O) groups is 2. The van der Waals surface area contributed by atoms with Crippen molar-refractivity contribution < 1.29 is 19.1 Å². The van der Waals surface area contributed by atoms with Crippen LogP contribution in [-0.2, 0) is 4.79 Å². The first kappa shape index (κ1) is 13.0. The molecule has 0 unspecified atom stereocenters. The van der Waals surface area contributed by atoms with Crippen LogP contribution in [0.3, 0.4) is 0 Å². The molecule has 0 radical (unpaired) electrons. The first-order valence-electron chi connectivity index (χ1n) is 5.69. The molecule has 2 rings (SSSR count). The van der Waals surface area contributed by atoms with Crippen LogP contribution in [0.15, 0.2) is 21.6 Å². The number of amides is 1. The lowest BCUT2D eigenvalue weighted by Gasteiger charge is -2.13. The van der Waals surface area contributed by atoms with Crippen LogP contribution in [0.5, 0.6) is 0 Å². The molecular weight excluding hydrogens is 254 g/mol. The van der Waals surface area contributed by atoms with Crippen LogP contribution in [0.1, 0.15) is 17.5 Å². The van der Waals surface area contributed by atoms with Crippen molar-refractivity contribution in [1.29, 1.82) is 0 Å². The molecule has 6 heteroatoms. The zero-order valence-corrected chi connectivity index (χ0v) is 11.1. The number of hydrogen-bond acceptors (Lipinski definition) is 4. The van der Waals surface area contributed by atoms with Gasteiger partial charge in [-0.25, -0.2) is 0 Å². The van der Waals surface area contributed by atoms with Crippen LogP contribution < -0.4 is 0 Å². The van der Waals surface area contributed by atoms with Gasteiger partial charge in [0.25, 0.3) is 5.91 Å². The molecule has 2 heterocycles. The SMILES string of the molecule is CSc1ccc(C(=O)N2C[C@@H](C)[C@H](C(=O)O)C2)o1. The Kier molecular flexibility index (Phi) is 3.65. The summed E-state index contributed by atoms with van der Waals surface area (Å²) in [6, 6.07) is 3.37. The van der Waals surface area contributed by atoms with Crippen molar-refractivity contribution in [3.63, 3.8) is 0 Å². The number of nitrogens with zero attached hydrogens (tertiary/aromatic N) is 1. The van der Waals surface area contributed by atoms with E-state index in [1.165, 1.54) is 11.8 Å². The standard InChI is InChI=1S/C12H15NO4S/c1-7-5-13(6-8(7)12(15)16)11(14)9-3-4-10(17-9)18-2/h3-4,7-8H,5-6H2,1-2H3,(H,15,16)/t7-,8-/m1/s1. The minimum absolute atomic E-state index is 0.0265. The molecule has 0 bridgehead atoms. The fourth-order valence-electron chi connectivity index (χ4n) is 2.15. The average Bonchev–Trinajstić information content (AvgIpc) is 2.94. The molecule has 1 aromatic rings. The summed E-state index contributed by atoms with van der Waals surface area (Å²) in [5.41, 5.74) is 0. The van der Waals surface area contributed by atoms with E-state index < -0.39 is 11.9 Å². The van der Waals surface area contributed by atoms with Crippen molar-refractivity contribution in [3.05, 3.63) is 17.9 Å². The van der Waals surface area contributed by atoms with Crippen molar-refractivity contribution in [1.82, 2.24) is 4.90 Å². The van der Waals surface area contributed by atoms with Gasteiger partial charge in [-0.15, -0.1) is 0 Å². The van der Waals surface area contributed by atoms with Gasteiger partial charge in [-0.1, -0.05) is 18.7 Å². The number of thioether (sulfide) groups is 1. The molecule has 1 saturated heterocycles. The Balaban J connectivity index is 2.09. The lowest BCUT2D eigenvalue weighted by atomic mass is 9.99. The Labute approximate surface area is 109 Å². The molecule has 0 saturated carbocycles. The van der Waals surface area contributed by atoms with E-state index in [0.717, 1.165) is 0 Å². The molecule has 0 aromatic carbocycles. The number of carboxylic acids is 1. The van der Waals surface area contributed by atoms with E-state index >= 15 is 0 Å². The molecule has 1 fully saturated rings. The predicted molar refractivity (Wildman–Crippen MR) is 66.7 cm³/mol. The molecule has 5 nitrogen and oxygen atoms in total. The van der Waals surface area contributed by atoms with E-state index in [2.05, 4.69) is 0 Å². The van der Waals surface area contributed by atoms with Gasteiger partial charge in [-0.2, -0.15) is 0 Å². The maximum atomic E-state index is 12.1. The number of carboxylic acid groups (broad SMARTS) is 1. The predicted octanol–water partition coefficient (Wildman–Crippen LogP) is 1.79. The van der Waals surface area contributed by atoms with Crippen molar-refractivity contribution in [2.75, 3.05) is 19.3 Å². The number of likely N-dealkylation sites (tertiary alicyclic amines) is 1. The van der Waals surface area contributed by atoms with Crippen molar-refractivity contribution >= 4 is 23.6 Å². The largest absolute Gasteiger partial charge is 0.481 e. The van der Waals surface area contributed by atoms with Crippen LogP contribution in [-0.4, -0.2) is 41.2 Å². The average molecular weight is 269 g/mol. The lowest BCUT2D eigenvalue weighted by Crippen LogP contribution is -2.29. The summed E-state index contributed by atoms with van der Waals surface area (Å²) in [5.74, 6) is -1.31. The smallest absolute Gasteiger partial charge is 0.308 e. The van der Waals surface area contributed by atoms with Gasteiger partial charge in [0.15, 0.2) is 10.9 Å². The number of hydrogen-bond donors (Lipinski definition) is 1. The second-order valence-electron chi connectivity index (χ2n) is 4.45. The first-order chi connectivity index (χ1) is 8.52. The van der Waals surface area contributed by atoms with Gasteiger partial charge in [-0.3, -0.25) is 9.59 Å². The lowest BCUT2D eigenvalue weighted by molar-refractivity contribution is -0.142. The van der Waals surface area contributed by atoms with Crippen molar-refractivity contribution in [2.45, 2.75) is 12.0 Å². The summed E-state index contributed by atoms with van der Waals surface area (Å²) in [6.45, 7) is 2.57. The van der Waals surface area contributed by atoms with Crippen LogP contribution in [0.4, 0.5) is 0 Å². The number of furan rings is 1. The van der Waals surface area contributed by atoms with Crippen LogP contribution >= 0.6 is 11.8 Å². The molecule has 0 spiro atoms. The molecule has 1 N–H and O–H groups in total. The highest BCUT2D eigenvalue weighted by molar-refractivity contribution is 7.98. The Morgan fingerprint density at radius 2 is 2.17 bits per heavy atom. The number of aliphatic carboxylic acids is 1. The summed E-state index contributed by atoms with van der Waals surface area (Å²) in [7, 11) is 0. The summed E-state index contributed by atoms with van der Waals surface area (Å²) >= 11 is 1.42. The van der Waals surface area contributed by atoms with E-state index in [1.807, 2.05) is 13.2 Å². The quantitative estimate of drug-likeness (QED) is 0.847. The Bertz CT molecular complexity index is 470. The summed E-state index contributed by atoms with van der Waals surface area (Å²) < 4.78 is 5.36. The maximum Gasteiger partial charge on any atom is 0.308 e. The molecule has 2 atom stereocenters. The van der Waals surface area contributed by atoms with Crippen molar-refractivity contribution in [2.24, 2.45) is 11.8 Å². The van der Waals surface area contributed by atoms with Gasteiger partial charge < -0.3 is 14.4 Å². The fraction of sp³-hybridized carbons (Fsp3) is 0.500. The van der Waals surface area contributed by atoms with Gasteiger partial charge >= 0.3 is 5.97 Å². The van der Waals surface area contributed by atoms with Crippen LogP contribution in [0.2, 0.25) is 0 Å². The maximum absolute atomic E-state index is 12.1. The highest BCUT2D eigenvalue weighted by Crippen LogP contribution is 2.26. The third-order valence-electron chi connectivity index (χ3n) is 3.21. The second kappa shape index (κ2) is 5.06. The molecule has 1 aromatic heterocycles. The zero-order valence-electron chi connectivity index (χ0n) is 10.3. The summed E-state index contributed by atoms with van der Waals surface area (Å²) in [5, 5.41) is 9.71. The molecule has 1 aliphatic heterocycles. The third kappa shape index (κ3) is 2.38. The van der Waals surface area contributed by atoms with E-state index in [1.54, 1.807) is 17.0 Å². The van der Waals surface area contributed by atoms with E-state index in [-0.39, 0.29) is 24.1 Å². The zero-order chi connectivity index (χ0) is 13.3. The van der Waals surface area contributed by atoms with Gasteiger partial charge in [0.1, 0.15) is 0 Å². The van der Waals surface area contributed by atoms with Gasteiger partial charge in [0.05, 0.1) is 5.92 Å². The second-order valence-corrected chi connectivity index (χ2v) is 5.27. The van der Waals surface area contributed by atoms with Crippen LogP contribution in [0.25, 0.3) is 0 Å². The van der Waals surface area contributed by atoms with Gasteiger partial charge in [-0.05, 0) is 24.3 Å². The summed E-state index contributed by atoms with van der Waals surface area (Å²) in [4.78, 5) is 24.7. The van der Waals surface area contributed by atoms with E-state index in [9.17, 15) is 9.59 Å². The molecule has 98 valence electrons. The minimum atomic E-state index is -0.845. The first-order valence-corrected chi connectivity index (χ1v) is 6.91. The highest BCUT2D eigenvalue weighted by Gasteiger charge is 2.37. The van der Waals surface area contributed by atoms with Crippen LogP contribution in [0, 0.1) is 11.8 Å². The number of rotatable bonds is 3. The molecule has 1 aliphatic rings. The normalized spacial score (nSPS) is 23.3. The monoisotopic (exact) mass is 269 g/mol.